The Balaban J connectivity index is 1.46. The Kier molecular flexibility index (Phi) is 7.55. The molecule has 0 bridgehead atoms. The number of hydrogen-bond acceptors (Lipinski definition) is 6. The van der Waals surface area contributed by atoms with Crippen molar-refractivity contribution in [3.63, 3.8) is 0 Å². The van der Waals surface area contributed by atoms with Crippen molar-refractivity contribution in [2.24, 2.45) is 0 Å². The smallest absolute Gasteiger partial charge is 0.432 e. The fourth-order valence-corrected chi connectivity index (χ4v) is 4.09. The molecule has 0 spiro atoms. The molecule has 3 aromatic carbocycles. The molecule has 9 heteroatoms. The summed E-state index contributed by atoms with van der Waals surface area (Å²) in [4.78, 5) is 13.6. The summed E-state index contributed by atoms with van der Waals surface area (Å²) in [6, 6.07) is 20.4. The first-order valence-corrected chi connectivity index (χ1v) is 11.5. The van der Waals surface area contributed by atoms with Crippen molar-refractivity contribution < 1.29 is 19.7 Å². The summed E-state index contributed by atoms with van der Waals surface area (Å²) in [6.45, 7) is 3.62. The number of nitrogens with two attached hydrogens (primary N) is 1. The van der Waals surface area contributed by atoms with Crippen LogP contribution in [0.4, 0.5) is 10.5 Å². The molecule has 1 unspecified atom stereocenters. The monoisotopic (exact) mass is 494 g/mol. The highest BCUT2D eigenvalue weighted by Crippen LogP contribution is 2.25. The standard InChI is InChI=1S/C26H27ClN4O4/c1-17-21-9-8-20(14-24(21)31(29-17)26(33)34)35-12-11-30(15-18-5-3-2-4-6-18)16-25(32)19-7-10-22(27)23(28)13-19/h2-10,13-14,25,32H,11-12,15-16,28H2,1H3,(H,33,34). The maximum Gasteiger partial charge on any atom is 0.432 e. The van der Waals surface area contributed by atoms with Crippen LogP contribution < -0.4 is 10.5 Å². The van der Waals surface area contributed by atoms with E-state index >= 15 is 0 Å². The van der Waals surface area contributed by atoms with Gasteiger partial charge in [-0.2, -0.15) is 9.78 Å². The molecule has 0 fully saturated rings. The molecule has 4 N–H and O–H groups in total. The van der Waals surface area contributed by atoms with Crippen molar-refractivity contribution in [1.29, 1.82) is 0 Å². The lowest BCUT2D eigenvalue weighted by Gasteiger charge is -2.25. The van der Waals surface area contributed by atoms with E-state index in [1.807, 2.05) is 36.4 Å². The normalized spacial score (nSPS) is 12.2. The number of aliphatic hydroxyl groups is 1. The zero-order chi connectivity index (χ0) is 24.9. The van der Waals surface area contributed by atoms with Crippen LogP contribution in [0.1, 0.15) is 22.9 Å². The average molecular weight is 495 g/mol. The van der Waals surface area contributed by atoms with Crippen molar-refractivity contribution in [2.75, 3.05) is 25.4 Å². The number of aryl methyl sites for hydroxylation is 1. The lowest BCUT2D eigenvalue weighted by Crippen LogP contribution is -2.32. The molecular weight excluding hydrogens is 468 g/mol. The van der Waals surface area contributed by atoms with Gasteiger partial charge in [-0.05, 0) is 42.3 Å². The molecule has 182 valence electrons. The van der Waals surface area contributed by atoms with Crippen LogP contribution >= 0.6 is 11.6 Å². The molecule has 0 amide bonds. The number of fused-ring (bicyclic) bond motifs is 1. The van der Waals surface area contributed by atoms with Crippen LogP contribution in [0.15, 0.2) is 66.7 Å². The topological polar surface area (TPSA) is 114 Å². The number of hydrogen-bond donors (Lipinski definition) is 3. The van der Waals surface area contributed by atoms with Crippen molar-refractivity contribution in [3.8, 4) is 5.75 Å². The predicted octanol–water partition coefficient (Wildman–Crippen LogP) is 4.72. The van der Waals surface area contributed by atoms with Crippen LogP contribution in [0.25, 0.3) is 10.9 Å². The van der Waals surface area contributed by atoms with Gasteiger partial charge in [-0.15, -0.1) is 0 Å². The van der Waals surface area contributed by atoms with Gasteiger partial charge in [0, 0.05) is 31.1 Å². The summed E-state index contributed by atoms with van der Waals surface area (Å²) in [5.41, 5.74) is 9.24. The van der Waals surface area contributed by atoms with Gasteiger partial charge in [-0.3, -0.25) is 4.90 Å². The SMILES string of the molecule is Cc1nn(C(=O)O)c2cc(OCCN(Cc3ccccc3)CC(O)c3ccc(Cl)c(N)c3)ccc12. The Bertz CT molecular complexity index is 1330. The quantitative estimate of drug-likeness (QED) is 0.288. The molecule has 0 radical (unpaired) electrons. The van der Waals surface area contributed by atoms with E-state index in [1.165, 1.54) is 0 Å². The average Bonchev–Trinajstić information content (AvgIpc) is 3.17. The molecule has 4 rings (SSSR count). The number of aliphatic hydroxyl groups excluding tert-OH is 1. The van der Waals surface area contributed by atoms with E-state index in [0.29, 0.717) is 59.5 Å². The van der Waals surface area contributed by atoms with Gasteiger partial charge < -0.3 is 20.7 Å². The van der Waals surface area contributed by atoms with E-state index in [4.69, 9.17) is 22.1 Å². The van der Waals surface area contributed by atoms with Crippen molar-refractivity contribution in [2.45, 2.75) is 19.6 Å². The molecule has 0 saturated heterocycles. The number of carbonyl (C=O) groups is 1. The van der Waals surface area contributed by atoms with Gasteiger partial charge >= 0.3 is 6.09 Å². The lowest BCUT2D eigenvalue weighted by atomic mass is 10.1. The van der Waals surface area contributed by atoms with Crippen molar-refractivity contribution in [3.05, 3.63) is 88.6 Å². The van der Waals surface area contributed by atoms with Gasteiger partial charge in [-0.25, -0.2) is 4.79 Å². The highest BCUT2D eigenvalue weighted by Gasteiger charge is 2.17. The van der Waals surface area contributed by atoms with Gasteiger partial charge in [0.05, 0.1) is 28.0 Å². The zero-order valence-corrected chi connectivity index (χ0v) is 20.0. The molecule has 1 atom stereocenters. The van der Waals surface area contributed by atoms with E-state index in [1.54, 1.807) is 37.3 Å². The zero-order valence-electron chi connectivity index (χ0n) is 19.3. The highest BCUT2D eigenvalue weighted by molar-refractivity contribution is 6.33. The summed E-state index contributed by atoms with van der Waals surface area (Å²) < 4.78 is 6.91. The molecule has 35 heavy (non-hydrogen) atoms. The van der Waals surface area contributed by atoms with Crippen LogP contribution in [-0.2, 0) is 6.54 Å². The minimum absolute atomic E-state index is 0.341. The molecule has 8 nitrogen and oxygen atoms in total. The molecule has 1 aromatic heterocycles. The van der Waals surface area contributed by atoms with Crippen molar-refractivity contribution in [1.82, 2.24) is 14.7 Å². The Morgan fingerprint density at radius 1 is 1.17 bits per heavy atom. The molecule has 4 aromatic rings. The molecule has 1 heterocycles. The highest BCUT2D eigenvalue weighted by atomic mass is 35.5. The second-order valence-corrected chi connectivity index (χ2v) is 8.73. The van der Waals surface area contributed by atoms with E-state index in [9.17, 15) is 15.0 Å². The Labute approximate surface area is 208 Å². The third kappa shape index (κ3) is 5.92. The Morgan fingerprint density at radius 2 is 1.94 bits per heavy atom. The van der Waals surface area contributed by atoms with Crippen LogP contribution in [-0.4, -0.2) is 50.7 Å². The Morgan fingerprint density at radius 3 is 2.66 bits per heavy atom. The van der Waals surface area contributed by atoms with Gasteiger partial charge in [0.25, 0.3) is 0 Å². The fourth-order valence-electron chi connectivity index (χ4n) is 3.97. The molecular formula is C26H27ClN4O4. The number of aromatic nitrogens is 2. The maximum absolute atomic E-state index is 11.5. The van der Waals surface area contributed by atoms with E-state index in [2.05, 4.69) is 10.00 Å². The molecule has 0 aliphatic heterocycles. The maximum atomic E-state index is 11.5. The second-order valence-electron chi connectivity index (χ2n) is 8.32. The first-order chi connectivity index (χ1) is 16.8. The van der Waals surface area contributed by atoms with Crippen molar-refractivity contribution >= 4 is 34.3 Å². The minimum Gasteiger partial charge on any atom is -0.492 e. The fraction of sp³-hybridized carbons (Fsp3) is 0.231. The number of benzene rings is 3. The summed E-state index contributed by atoms with van der Waals surface area (Å²) >= 11 is 6.02. The van der Waals surface area contributed by atoms with Gasteiger partial charge in [0.2, 0.25) is 0 Å². The van der Waals surface area contributed by atoms with Gasteiger partial charge in [0.1, 0.15) is 12.4 Å². The number of nitrogens with zero attached hydrogens (tertiary/aromatic N) is 3. The summed E-state index contributed by atoms with van der Waals surface area (Å²) in [7, 11) is 0. The first kappa shape index (κ1) is 24.5. The van der Waals surface area contributed by atoms with Gasteiger partial charge in [-0.1, -0.05) is 48.0 Å². The largest absolute Gasteiger partial charge is 0.492 e. The minimum atomic E-state index is -1.15. The van der Waals surface area contributed by atoms with Gasteiger partial charge in [0.15, 0.2) is 0 Å². The van der Waals surface area contributed by atoms with E-state index in [0.717, 1.165) is 15.6 Å². The van der Waals surface area contributed by atoms with E-state index < -0.39 is 12.2 Å². The number of carboxylic acid groups (broad SMARTS) is 1. The number of rotatable bonds is 9. The van der Waals surface area contributed by atoms with E-state index in [-0.39, 0.29) is 0 Å². The Hall–Kier alpha value is -3.59. The third-order valence-electron chi connectivity index (χ3n) is 5.78. The first-order valence-electron chi connectivity index (χ1n) is 11.2. The number of halogens is 1. The van der Waals surface area contributed by atoms with Crippen LogP contribution in [0.5, 0.6) is 5.75 Å². The number of anilines is 1. The second kappa shape index (κ2) is 10.8. The predicted molar refractivity (Wildman–Crippen MR) is 136 cm³/mol. The lowest BCUT2D eigenvalue weighted by molar-refractivity contribution is 0.0986. The summed E-state index contributed by atoms with van der Waals surface area (Å²) in [5.74, 6) is 0.547. The van der Waals surface area contributed by atoms with Crippen LogP contribution in [0.3, 0.4) is 0 Å². The van der Waals surface area contributed by atoms with Crippen LogP contribution in [0, 0.1) is 6.92 Å². The molecule has 0 aliphatic rings. The summed E-state index contributed by atoms with van der Waals surface area (Å²) in [5, 5.41) is 25.5. The third-order valence-corrected chi connectivity index (χ3v) is 6.12. The number of ether oxygens (including phenoxy) is 1. The molecule has 0 saturated carbocycles. The molecule has 0 aliphatic carbocycles. The van der Waals surface area contributed by atoms with Crippen LogP contribution in [0.2, 0.25) is 5.02 Å². The summed E-state index contributed by atoms with van der Waals surface area (Å²) in [6.07, 6.45) is -1.91. The number of nitrogen functional groups attached to an aromatic ring is 1.